The molecule has 5 heteroatoms. The predicted octanol–water partition coefficient (Wildman–Crippen LogP) is 1.12. The van der Waals surface area contributed by atoms with Crippen LogP contribution in [-0.4, -0.2) is 19.9 Å². The fourth-order valence-corrected chi connectivity index (χ4v) is 1.64. The molecular weight excluding hydrogens is 216 g/mol. The zero-order valence-electron chi connectivity index (χ0n) is 10.0. The molecule has 1 aromatic heterocycles. The molecule has 0 fully saturated rings. The van der Waals surface area contributed by atoms with E-state index in [1.807, 2.05) is 32.2 Å². The fraction of sp³-hybridized carbons (Fsp3) is 0.333. The van der Waals surface area contributed by atoms with E-state index in [0.29, 0.717) is 18.8 Å². The predicted molar refractivity (Wildman–Crippen MR) is 64.4 cm³/mol. The molecule has 0 radical (unpaired) electrons. The maximum Gasteiger partial charge on any atom is 0.164 e. The van der Waals surface area contributed by atoms with Gasteiger partial charge in [-0.1, -0.05) is 18.2 Å². The number of nitrogens with one attached hydrogen (secondary N) is 1. The van der Waals surface area contributed by atoms with Gasteiger partial charge >= 0.3 is 0 Å². The third kappa shape index (κ3) is 2.82. The van der Waals surface area contributed by atoms with E-state index in [0.717, 1.165) is 17.0 Å². The maximum absolute atomic E-state index is 9.82. The number of benzene rings is 1. The van der Waals surface area contributed by atoms with Gasteiger partial charge in [-0.3, -0.25) is 4.68 Å². The van der Waals surface area contributed by atoms with Gasteiger partial charge in [0.05, 0.1) is 6.54 Å². The average Bonchev–Trinajstić information content (AvgIpc) is 2.70. The van der Waals surface area contributed by atoms with Gasteiger partial charge in [-0.15, -0.1) is 0 Å². The lowest BCUT2D eigenvalue weighted by atomic mass is 10.1. The second-order valence-electron chi connectivity index (χ2n) is 4.02. The molecule has 0 bridgehead atoms. The number of hydrogen-bond acceptors (Lipinski definition) is 4. The smallest absolute Gasteiger partial charge is 0.164 e. The highest BCUT2D eigenvalue weighted by Crippen LogP contribution is 2.20. The van der Waals surface area contributed by atoms with Crippen molar-refractivity contribution in [1.82, 2.24) is 20.1 Å². The summed E-state index contributed by atoms with van der Waals surface area (Å²) < 4.78 is 1.67. The van der Waals surface area contributed by atoms with Crippen molar-refractivity contribution < 1.29 is 5.11 Å². The number of para-hydroxylation sites is 1. The number of hydrogen-bond donors (Lipinski definition) is 2. The van der Waals surface area contributed by atoms with Crippen LogP contribution in [0, 0.1) is 6.92 Å². The molecule has 0 aliphatic rings. The molecule has 0 spiro atoms. The molecule has 0 saturated heterocycles. The minimum Gasteiger partial charge on any atom is -0.507 e. The first-order chi connectivity index (χ1) is 8.16. The van der Waals surface area contributed by atoms with E-state index in [4.69, 9.17) is 0 Å². The van der Waals surface area contributed by atoms with E-state index < -0.39 is 0 Å². The van der Waals surface area contributed by atoms with Crippen molar-refractivity contribution in [1.29, 1.82) is 0 Å². The van der Waals surface area contributed by atoms with Crippen LogP contribution >= 0.6 is 0 Å². The number of aromatic hydroxyl groups is 1. The van der Waals surface area contributed by atoms with Crippen LogP contribution in [0.15, 0.2) is 24.5 Å². The topological polar surface area (TPSA) is 63.0 Å². The van der Waals surface area contributed by atoms with Gasteiger partial charge in [-0.25, -0.2) is 4.98 Å². The van der Waals surface area contributed by atoms with Crippen LogP contribution in [0.5, 0.6) is 5.75 Å². The maximum atomic E-state index is 9.82. The Morgan fingerprint density at radius 2 is 2.18 bits per heavy atom. The van der Waals surface area contributed by atoms with Crippen LogP contribution in [-0.2, 0) is 20.1 Å². The Morgan fingerprint density at radius 1 is 1.35 bits per heavy atom. The minimum atomic E-state index is 0.356. The minimum absolute atomic E-state index is 0.356. The Hall–Kier alpha value is -1.88. The zero-order valence-corrected chi connectivity index (χ0v) is 10.0. The van der Waals surface area contributed by atoms with Crippen LogP contribution in [0.3, 0.4) is 0 Å². The zero-order chi connectivity index (χ0) is 12.3. The van der Waals surface area contributed by atoms with Crippen LogP contribution in [0.4, 0.5) is 0 Å². The Labute approximate surface area is 100 Å². The average molecular weight is 232 g/mol. The van der Waals surface area contributed by atoms with Crippen molar-refractivity contribution in [2.45, 2.75) is 20.0 Å². The molecule has 17 heavy (non-hydrogen) atoms. The van der Waals surface area contributed by atoms with E-state index in [9.17, 15) is 5.11 Å². The Kier molecular flexibility index (Phi) is 3.39. The van der Waals surface area contributed by atoms with Gasteiger partial charge in [0.15, 0.2) is 5.82 Å². The number of phenols is 1. The number of aromatic nitrogens is 3. The van der Waals surface area contributed by atoms with Crippen molar-refractivity contribution in [3.63, 3.8) is 0 Å². The van der Waals surface area contributed by atoms with Gasteiger partial charge in [-0.05, 0) is 12.5 Å². The molecule has 0 aliphatic carbocycles. The van der Waals surface area contributed by atoms with Crippen LogP contribution in [0.25, 0.3) is 0 Å². The molecular formula is C12H16N4O. The Bertz CT molecular complexity index is 507. The van der Waals surface area contributed by atoms with E-state index >= 15 is 0 Å². The molecule has 2 N–H and O–H groups in total. The van der Waals surface area contributed by atoms with Crippen LogP contribution in [0.1, 0.15) is 17.0 Å². The van der Waals surface area contributed by atoms with Gasteiger partial charge in [0, 0.05) is 19.2 Å². The summed E-state index contributed by atoms with van der Waals surface area (Å²) in [6.07, 6.45) is 1.67. The summed E-state index contributed by atoms with van der Waals surface area (Å²) >= 11 is 0. The normalized spacial score (nSPS) is 10.7. The lowest BCUT2D eigenvalue weighted by Crippen LogP contribution is -2.14. The van der Waals surface area contributed by atoms with Crippen molar-refractivity contribution in [3.05, 3.63) is 41.5 Å². The number of rotatable bonds is 4. The van der Waals surface area contributed by atoms with Crippen molar-refractivity contribution in [2.24, 2.45) is 7.05 Å². The first-order valence-corrected chi connectivity index (χ1v) is 5.49. The second kappa shape index (κ2) is 4.97. The van der Waals surface area contributed by atoms with Gasteiger partial charge < -0.3 is 10.4 Å². The van der Waals surface area contributed by atoms with Gasteiger partial charge in [0.25, 0.3) is 0 Å². The molecule has 0 atom stereocenters. The summed E-state index contributed by atoms with van der Waals surface area (Å²) in [6.45, 7) is 3.08. The van der Waals surface area contributed by atoms with Gasteiger partial charge in [0.1, 0.15) is 12.1 Å². The lowest BCUT2D eigenvalue weighted by Gasteiger charge is -2.07. The summed E-state index contributed by atoms with van der Waals surface area (Å²) in [4.78, 5) is 4.11. The Morgan fingerprint density at radius 3 is 2.88 bits per heavy atom. The third-order valence-electron chi connectivity index (χ3n) is 2.57. The molecule has 5 nitrogen and oxygen atoms in total. The summed E-state index contributed by atoms with van der Waals surface area (Å²) in [7, 11) is 1.84. The summed E-state index contributed by atoms with van der Waals surface area (Å²) in [5.41, 5.74) is 1.78. The molecule has 2 aromatic rings. The van der Waals surface area contributed by atoms with Gasteiger partial charge in [-0.2, -0.15) is 5.10 Å². The van der Waals surface area contributed by atoms with Crippen LogP contribution in [0.2, 0.25) is 0 Å². The second-order valence-corrected chi connectivity index (χ2v) is 4.02. The standard InChI is InChI=1S/C12H16N4O/c1-9-4-3-5-10(12(9)17)6-13-7-11-14-8-16(2)15-11/h3-5,8,13,17H,6-7H2,1-2H3. The van der Waals surface area contributed by atoms with Crippen LogP contribution < -0.4 is 5.32 Å². The van der Waals surface area contributed by atoms with E-state index in [-0.39, 0.29) is 0 Å². The van der Waals surface area contributed by atoms with Crippen molar-refractivity contribution in [2.75, 3.05) is 0 Å². The van der Waals surface area contributed by atoms with Gasteiger partial charge in [0.2, 0.25) is 0 Å². The monoisotopic (exact) mass is 232 g/mol. The molecule has 1 heterocycles. The van der Waals surface area contributed by atoms with E-state index in [1.54, 1.807) is 11.0 Å². The molecule has 0 aliphatic heterocycles. The molecule has 90 valence electrons. The van der Waals surface area contributed by atoms with E-state index in [1.165, 1.54) is 0 Å². The number of nitrogens with zero attached hydrogens (tertiary/aromatic N) is 3. The molecule has 2 rings (SSSR count). The number of aryl methyl sites for hydroxylation is 2. The largest absolute Gasteiger partial charge is 0.507 e. The SMILES string of the molecule is Cc1cccc(CNCc2ncn(C)n2)c1O. The van der Waals surface area contributed by atoms with Crippen molar-refractivity contribution >= 4 is 0 Å². The molecule has 0 amide bonds. The summed E-state index contributed by atoms with van der Waals surface area (Å²) in [5, 5.41) is 17.2. The quantitative estimate of drug-likeness (QED) is 0.829. The molecule has 1 aromatic carbocycles. The highest BCUT2D eigenvalue weighted by molar-refractivity contribution is 5.39. The Balaban J connectivity index is 1.92. The molecule has 0 unspecified atom stereocenters. The van der Waals surface area contributed by atoms with E-state index in [2.05, 4.69) is 15.4 Å². The third-order valence-corrected chi connectivity index (χ3v) is 2.57. The lowest BCUT2D eigenvalue weighted by molar-refractivity contribution is 0.460. The first-order valence-electron chi connectivity index (χ1n) is 5.49. The summed E-state index contributed by atoms with van der Waals surface area (Å²) in [5.74, 6) is 1.11. The fourth-order valence-electron chi connectivity index (χ4n) is 1.64. The molecule has 0 saturated carbocycles. The summed E-state index contributed by atoms with van der Waals surface area (Å²) in [6, 6.07) is 5.73. The van der Waals surface area contributed by atoms with Crippen molar-refractivity contribution in [3.8, 4) is 5.75 Å². The highest BCUT2D eigenvalue weighted by atomic mass is 16.3. The highest BCUT2D eigenvalue weighted by Gasteiger charge is 2.04. The number of phenolic OH excluding ortho intramolecular Hbond substituents is 1. The first kappa shape index (κ1) is 11.6.